The maximum Gasteiger partial charge on any atom is 0.290 e. The van der Waals surface area contributed by atoms with E-state index in [4.69, 9.17) is 5.41 Å². The van der Waals surface area contributed by atoms with Crippen molar-refractivity contribution in [3.8, 4) is 0 Å². The van der Waals surface area contributed by atoms with Crippen molar-refractivity contribution in [2.45, 2.75) is 5.92 Å². The van der Waals surface area contributed by atoms with Crippen molar-refractivity contribution in [1.82, 2.24) is 5.32 Å². The second-order valence-corrected chi connectivity index (χ2v) is 5.15. The molecule has 1 aliphatic carbocycles. The smallest absolute Gasteiger partial charge is 0.290 e. The molecule has 0 amide bonds. The van der Waals surface area contributed by atoms with Crippen LogP contribution in [0.25, 0.3) is 0 Å². The lowest BCUT2D eigenvalue weighted by molar-refractivity contribution is 0.0000130. The summed E-state index contributed by atoms with van der Waals surface area (Å²) in [6.45, 7) is -0.516. The summed E-state index contributed by atoms with van der Waals surface area (Å²) >= 11 is 3.29. The third-order valence-electron chi connectivity index (χ3n) is 2.82. The molecule has 2 N–H and O–H groups in total. The molecule has 0 aromatic heterocycles. The SMILES string of the molecule is N=C1C=CC=C(Br)/C1=C/NCC(F)(F)c1ccccc1. The van der Waals surface area contributed by atoms with Crippen molar-refractivity contribution in [3.05, 3.63) is 70.4 Å². The zero-order valence-electron chi connectivity index (χ0n) is 10.5. The fourth-order valence-corrected chi connectivity index (χ4v) is 2.23. The minimum absolute atomic E-state index is 0.0286. The fraction of sp³-hybridized carbons (Fsp3) is 0.133. The molecule has 0 radical (unpaired) electrons. The molecule has 0 saturated heterocycles. The summed E-state index contributed by atoms with van der Waals surface area (Å²) in [5.41, 5.74) is 0.797. The maximum absolute atomic E-state index is 13.9. The van der Waals surface area contributed by atoms with Crippen LogP contribution in [0.5, 0.6) is 0 Å². The van der Waals surface area contributed by atoms with Crippen molar-refractivity contribution in [1.29, 1.82) is 5.41 Å². The number of benzene rings is 1. The third-order valence-corrected chi connectivity index (χ3v) is 3.51. The van der Waals surface area contributed by atoms with Crippen LogP contribution in [0.1, 0.15) is 5.56 Å². The molecule has 104 valence electrons. The molecule has 1 aromatic carbocycles. The van der Waals surface area contributed by atoms with Gasteiger partial charge in [-0.15, -0.1) is 0 Å². The van der Waals surface area contributed by atoms with Crippen LogP contribution >= 0.6 is 15.9 Å². The van der Waals surface area contributed by atoms with Crippen molar-refractivity contribution in [2.75, 3.05) is 6.54 Å². The Morgan fingerprint density at radius 2 is 1.95 bits per heavy atom. The van der Waals surface area contributed by atoms with Gasteiger partial charge in [0.25, 0.3) is 5.92 Å². The fourth-order valence-electron chi connectivity index (χ4n) is 1.75. The molecular formula is C15H13BrF2N2. The van der Waals surface area contributed by atoms with Gasteiger partial charge in [-0.1, -0.05) is 52.3 Å². The summed E-state index contributed by atoms with van der Waals surface area (Å²) < 4.78 is 28.5. The average Bonchev–Trinajstić information content (AvgIpc) is 2.43. The van der Waals surface area contributed by atoms with E-state index in [0.717, 1.165) is 0 Å². The van der Waals surface area contributed by atoms with Gasteiger partial charge in [-0.25, -0.2) is 0 Å². The summed E-state index contributed by atoms with van der Waals surface area (Å²) in [7, 11) is 0. The Morgan fingerprint density at radius 1 is 1.25 bits per heavy atom. The summed E-state index contributed by atoms with van der Waals surface area (Å²) in [6.07, 6.45) is 6.53. The number of alkyl halides is 2. The van der Waals surface area contributed by atoms with Crippen LogP contribution in [-0.2, 0) is 5.92 Å². The quantitative estimate of drug-likeness (QED) is 0.851. The molecule has 5 heteroatoms. The Morgan fingerprint density at radius 3 is 2.60 bits per heavy atom. The van der Waals surface area contributed by atoms with Crippen molar-refractivity contribution < 1.29 is 8.78 Å². The zero-order chi connectivity index (χ0) is 14.6. The molecule has 0 fully saturated rings. The second kappa shape index (κ2) is 6.13. The van der Waals surface area contributed by atoms with Gasteiger partial charge in [-0.2, -0.15) is 8.78 Å². The average molecular weight is 339 g/mol. The Bertz CT molecular complexity index is 589. The van der Waals surface area contributed by atoms with Gasteiger partial charge in [0.2, 0.25) is 0 Å². The summed E-state index contributed by atoms with van der Waals surface area (Å²) in [5.74, 6) is -2.96. The van der Waals surface area contributed by atoms with E-state index in [2.05, 4.69) is 21.2 Å². The Hall–Kier alpha value is -1.75. The molecule has 0 heterocycles. The summed E-state index contributed by atoms with van der Waals surface area (Å²) in [6, 6.07) is 7.67. The van der Waals surface area contributed by atoms with E-state index < -0.39 is 12.5 Å². The van der Waals surface area contributed by atoms with Gasteiger partial charge in [0.15, 0.2) is 0 Å². The van der Waals surface area contributed by atoms with Gasteiger partial charge in [-0.05, 0) is 12.2 Å². The van der Waals surface area contributed by atoms with Gasteiger partial charge in [0.05, 0.1) is 12.3 Å². The van der Waals surface area contributed by atoms with Gasteiger partial charge in [0.1, 0.15) is 0 Å². The highest BCUT2D eigenvalue weighted by atomic mass is 79.9. The van der Waals surface area contributed by atoms with Crippen molar-refractivity contribution in [3.63, 3.8) is 0 Å². The van der Waals surface area contributed by atoms with Gasteiger partial charge >= 0.3 is 0 Å². The molecule has 0 unspecified atom stereocenters. The molecule has 2 nitrogen and oxygen atoms in total. The summed E-state index contributed by atoms with van der Waals surface area (Å²) in [4.78, 5) is 0. The number of nitrogens with one attached hydrogen (secondary N) is 2. The summed E-state index contributed by atoms with van der Waals surface area (Å²) in [5, 5.41) is 10.3. The van der Waals surface area contributed by atoms with E-state index in [1.165, 1.54) is 18.3 Å². The lowest BCUT2D eigenvalue weighted by Crippen LogP contribution is -2.28. The van der Waals surface area contributed by atoms with E-state index >= 15 is 0 Å². The number of halogens is 3. The zero-order valence-corrected chi connectivity index (χ0v) is 12.1. The highest BCUT2D eigenvalue weighted by Gasteiger charge is 2.30. The first-order valence-corrected chi connectivity index (χ1v) is 6.80. The molecule has 2 rings (SSSR count). The van der Waals surface area contributed by atoms with E-state index in [1.807, 2.05) is 0 Å². The van der Waals surface area contributed by atoms with Gasteiger partial charge in [0, 0.05) is 21.8 Å². The first-order chi connectivity index (χ1) is 9.50. The van der Waals surface area contributed by atoms with Crippen molar-refractivity contribution >= 4 is 21.6 Å². The number of hydrogen-bond donors (Lipinski definition) is 2. The highest BCUT2D eigenvalue weighted by molar-refractivity contribution is 9.12. The van der Waals surface area contributed by atoms with E-state index in [-0.39, 0.29) is 11.3 Å². The molecule has 20 heavy (non-hydrogen) atoms. The van der Waals surface area contributed by atoms with E-state index in [9.17, 15) is 8.78 Å². The molecule has 0 saturated carbocycles. The van der Waals surface area contributed by atoms with Crippen LogP contribution in [0, 0.1) is 5.41 Å². The Kier molecular flexibility index (Phi) is 4.49. The highest BCUT2D eigenvalue weighted by Crippen LogP contribution is 2.27. The Balaban J connectivity index is 2.04. The Labute approximate surface area is 124 Å². The van der Waals surface area contributed by atoms with Crippen LogP contribution in [0.2, 0.25) is 0 Å². The molecule has 0 aliphatic heterocycles. The van der Waals surface area contributed by atoms with Crippen LogP contribution in [0.15, 0.2) is 64.8 Å². The van der Waals surface area contributed by atoms with Crippen LogP contribution in [-0.4, -0.2) is 12.3 Å². The maximum atomic E-state index is 13.9. The lowest BCUT2D eigenvalue weighted by Gasteiger charge is -2.17. The number of rotatable bonds is 4. The lowest BCUT2D eigenvalue weighted by atomic mass is 10.1. The van der Waals surface area contributed by atoms with Gasteiger partial charge in [-0.3, -0.25) is 0 Å². The van der Waals surface area contributed by atoms with Crippen LogP contribution in [0.3, 0.4) is 0 Å². The topological polar surface area (TPSA) is 35.9 Å². The van der Waals surface area contributed by atoms with Crippen LogP contribution < -0.4 is 5.32 Å². The van der Waals surface area contributed by atoms with Crippen LogP contribution in [0.4, 0.5) is 8.78 Å². The normalized spacial score (nSPS) is 17.2. The number of allylic oxidation sites excluding steroid dienone is 5. The third kappa shape index (κ3) is 3.42. The standard InChI is InChI=1S/C15H13BrF2N2/c16-13-7-4-8-14(19)12(13)9-20-10-15(17,18)11-5-2-1-3-6-11/h1-9,19-20H,10H2/b12-9-,19-14?. The molecular weight excluding hydrogens is 326 g/mol. The molecule has 0 atom stereocenters. The van der Waals surface area contributed by atoms with Crippen molar-refractivity contribution in [2.24, 2.45) is 0 Å². The first-order valence-electron chi connectivity index (χ1n) is 6.01. The minimum atomic E-state index is -2.96. The molecule has 1 aromatic rings. The largest absolute Gasteiger partial charge is 0.384 e. The number of hydrogen-bond acceptors (Lipinski definition) is 2. The first kappa shape index (κ1) is 14.7. The molecule has 0 spiro atoms. The predicted molar refractivity (Wildman–Crippen MR) is 80.3 cm³/mol. The second-order valence-electron chi connectivity index (χ2n) is 4.30. The monoisotopic (exact) mass is 338 g/mol. The minimum Gasteiger partial charge on any atom is -0.384 e. The molecule has 1 aliphatic rings. The van der Waals surface area contributed by atoms with E-state index in [1.54, 1.807) is 36.4 Å². The predicted octanol–water partition coefficient (Wildman–Crippen LogP) is 4.12. The van der Waals surface area contributed by atoms with E-state index in [0.29, 0.717) is 10.1 Å². The van der Waals surface area contributed by atoms with Gasteiger partial charge < -0.3 is 10.7 Å². The molecule has 0 bridgehead atoms.